The van der Waals surface area contributed by atoms with Crippen molar-refractivity contribution in [2.45, 2.75) is 6.92 Å². The molecule has 0 spiro atoms. The maximum absolute atomic E-state index is 10.5. The second kappa shape index (κ2) is 4.92. The number of rotatable bonds is 2. The molecule has 0 saturated heterocycles. The predicted octanol–water partition coefficient (Wildman–Crippen LogP) is 0.918. The molecular formula is C9H11N5O3. The molecule has 0 radical (unpaired) electrons. The molecule has 0 atom stereocenters. The number of non-ortho nitro benzene ring substituents is 1. The number of guanidine groups is 1. The minimum atomic E-state index is -0.859. The van der Waals surface area contributed by atoms with Crippen LogP contribution in [-0.2, 0) is 0 Å². The highest BCUT2D eigenvalue weighted by Gasteiger charge is 2.09. The van der Waals surface area contributed by atoms with Crippen LogP contribution in [0, 0.1) is 22.4 Å². The van der Waals surface area contributed by atoms with Gasteiger partial charge in [-0.05, 0) is 18.6 Å². The summed E-state index contributed by atoms with van der Waals surface area (Å²) in [6.45, 7) is 1.65. The van der Waals surface area contributed by atoms with Gasteiger partial charge >= 0.3 is 6.03 Å². The first kappa shape index (κ1) is 12.4. The Balaban J connectivity index is 2.83. The number of urea groups is 1. The van der Waals surface area contributed by atoms with Gasteiger partial charge in [0.2, 0.25) is 5.96 Å². The zero-order chi connectivity index (χ0) is 13.0. The number of hydrogen-bond acceptors (Lipinski definition) is 4. The number of benzene rings is 1. The second-order valence-corrected chi connectivity index (χ2v) is 3.25. The first-order valence-electron chi connectivity index (χ1n) is 4.57. The van der Waals surface area contributed by atoms with E-state index in [1.807, 2.05) is 5.32 Å². The Morgan fingerprint density at radius 2 is 2.18 bits per heavy atom. The normalized spacial score (nSPS) is 9.47. The molecule has 0 bridgehead atoms. The van der Waals surface area contributed by atoms with E-state index >= 15 is 0 Å². The van der Waals surface area contributed by atoms with Gasteiger partial charge in [-0.3, -0.25) is 20.8 Å². The number of aryl methyl sites for hydroxylation is 1. The van der Waals surface area contributed by atoms with Crippen LogP contribution in [0.2, 0.25) is 0 Å². The molecule has 90 valence electrons. The molecule has 0 aliphatic carbocycles. The summed E-state index contributed by atoms with van der Waals surface area (Å²) < 4.78 is 0. The zero-order valence-electron chi connectivity index (χ0n) is 8.98. The van der Waals surface area contributed by atoms with Crippen molar-refractivity contribution >= 4 is 23.4 Å². The van der Waals surface area contributed by atoms with Crippen LogP contribution in [0.25, 0.3) is 0 Å². The molecule has 0 aromatic heterocycles. The minimum absolute atomic E-state index is 0.0394. The molecular weight excluding hydrogens is 226 g/mol. The van der Waals surface area contributed by atoms with Gasteiger partial charge in [0, 0.05) is 17.8 Å². The summed E-state index contributed by atoms with van der Waals surface area (Å²) in [6.07, 6.45) is 0. The molecule has 0 saturated carbocycles. The zero-order valence-corrected chi connectivity index (χ0v) is 8.98. The van der Waals surface area contributed by atoms with E-state index in [1.54, 1.807) is 6.92 Å². The van der Waals surface area contributed by atoms with Gasteiger partial charge in [-0.25, -0.2) is 4.79 Å². The lowest BCUT2D eigenvalue weighted by Crippen LogP contribution is -2.38. The van der Waals surface area contributed by atoms with Crippen LogP contribution in [0.5, 0.6) is 0 Å². The lowest BCUT2D eigenvalue weighted by Gasteiger charge is -2.09. The highest BCUT2D eigenvalue weighted by molar-refractivity contribution is 6.01. The van der Waals surface area contributed by atoms with E-state index in [1.165, 1.54) is 18.2 Å². The van der Waals surface area contributed by atoms with Crippen LogP contribution in [0.4, 0.5) is 16.2 Å². The first-order chi connectivity index (χ1) is 7.90. The van der Waals surface area contributed by atoms with Crippen molar-refractivity contribution in [3.05, 3.63) is 33.9 Å². The number of nitrogens with two attached hydrogens (primary N) is 1. The number of nitro benzene ring substituents is 1. The van der Waals surface area contributed by atoms with Gasteiger partial charge in [0.15, 0.2) is 0 Å². The summed E-state index contributed by atoms with van der Waals surface area (Å²) in [5.41, 5.74) is 5.85. The Hall–Kier alpha value is -2.64. The van der Waals surface area contributed by atoms with E-state index in [0.717, 1.165) is 0 Å². The SMILES string of the molecule is Cc1cc([N+](=O)[O-])ccc1NC(=N)NC(N)=O. The number of anilines is 1. The number of hydrogen-bond donors (Lipinski definition) is 4. The van der Waals surface area contributed by atoms with Crippen LogP contribution in [-0.4, -0.2) is 16.9 Å². The summed E-state index contributed by atoms with van der Waals surface area (Å²) in [6, 6.07) is 3.25. The average Bonchev–Trinajstić information content (AvgIpc) is 2.19. The van der Waals surface area contributed by atoms with Crippen LogP contribution in [0.3, 0.4) is 0 Å². The number of carbonyl (C=O) groups is 1. The van der Waals surface area contributed by atoms with Gasteiger partial charge in [0.05, 0.1) is 4.92 Å². The minimum Gasteiger partial charge on any atom is -0.351 e. The first-order valence-corrected chi connectivity index (χ1v) is 4.57. The summed E-state index contributed by atoms with van der Waals surface area (Å²) >= 11 is 0. The molecule has 1 rings (SSSR count). The van der Waals surface area contributed by atoms with Crippen LogP contribution in [0.1, 0.15) is 5.56 Å². The molecule has 8 heteroatoms. The van der Waals surface area contributed by atoms with Gasteiger partial charge in [-0.1, -0.05) is 0 Å². The van der Waals surface area contributed by atoms with E-state index in [2.05, 4.69) is 5.32 Å². The summed E-state index contributed by atoms with van der Waals surface area (Å²) in [7, 11) is 0. The lowest BCUT2D eigenvalue weighted by atomic mass is 10.2. The third-order valence-corrected chi connectivity index (χ3v) is 1.93. The van der Waals surface area contributed by atoms with E-state index in [-0.39, 0.29) is 11.6 Å². The van der Waals surface area contributed by atoms with E-state index < -0.39 is 11.0 Å². The number of nitrogens with zero attached hydrogens (tertiary/aromatic N) is 1. The fourth-order valence-electron chi connectivity index (χ4n) is 1.19. The van der Waals surface area contributed by atoms with Crippen molar-refractivity contribution in [2.24, 2.45) is 5.73 Å². The van der Waals surface area contributed by atoms with E-state index in [4.69, 9.17) is 11.1 Å². The highest BCUT2D eigenvalue weighted by atomic mass is 16.6. The molecule has 0 heterocycles. The topological polar surface area (TPSA) is 134 Å². The largest absolute Gasteiger partial charge is 0.351 e. The Morgan fingerprint density at radius 1 is 1.53 bits per heavy atom. The highest BCUT2D eigenvalue weighted by Crippen LogP contribution is 2.20. The summed E-state index contributed by atoms with van der Waals surface area (Å²) in [5, 5.41) is 22.4. The van der Waals surface area contributed by atoms with E-state index in [9.17, 15) is 14.9 Å². The number of amides is 2. The number of nitrogens with one attached hydrogen (secondary N) is 3. The van der Waals surface area contributed by atoms with Crippen LogP contribution >= 0.6 is 0 Å². The van der Waals surface area contributed by atoms with Crippen LogP contribution < -0.4 is 16.4 Å². The Labute approximate surface area is 96.5 Å². The van der Waals surface area contributed by atoms with Gasteiger partial charge in [0.25, 0.3) is 5.69 Å². The van der Waals surface area contributed by atoms with Gasteiger partial charge < -0.3 is 11.1 Å². The molecule has 0 fully saturated rings. The Kier molecular flexibility index (Phi) is 3.60. The van der Waals surface area contributed by atoms with Crippen molar-refractivity contribution in [1.29, 1.82) is 5.41 Å². The molecule has 1 aromatic carbocycles. The summed E-state index contributed by atoms with van der Waals surface area (Å²) in [4.78, 5) is 20.5. The fraction of sp³-hybridized carbons (Fsp3) is 0.111. The Bertz CT molecular complexity index is 486. The molecule has 0 aliphatic rings. The maximum Gasteiger partial charge on any atom is 0.318 e. The number of primary amides is 1. The van der Waals surface area contributed by atoms with E-state index in [0.29, 0.717) is 11.3 Å². The molecule has 0 unspecified atom stereocenters. The third kappa shape index (κ3) is 3.45. The number of carbonyl (C=O) groups excluding carboxylic acids is 1. The fourth-order valence-corrected chi connectivity index (χ4v) is 1.19. The van der Waals surface area contributed by atoms with Crippen molar-refractivity contribution in [3.63, 3.8) is 0 Å². The van der Waals surface area contributed by atoms with Crippen molar-refractivity contribution in [3.8, 4) is 0 Å². The van der Waals surface area contributed by atoms with Crippen LogP contribution in [0.15, 0.2) is 18.2 Å². The molecule has 17 heavy (non-hydrogen) atoms. The van der Waals surface area contributed by atoms with Gasteiger partial charge in [0.1, 0.15) is 0 Å². The lowest BCUT2D eigenvalue weighted by molar-refractivity contribution is -0.384. The maximum atomic E-state index is 10.5. The second-order valence-electron chi connectivity index (χ2n) is 3.25. The summed E-state index contributed by atoms with van der Waals surface area (Å²) in [5.74, 6) is -0.297. The molecule has 0 aliphatic heterocycles. The average molecular weight is 237 g/mol. The third-order valence-electron chi connectivity index (χ3n) is 1.93. The van der Waals surface area contributed by atoms with Gasteiger partial charge in [-0.15, -0.1) is 0 Å². The standard InChI is InChI=1S/C9H11N5O3/c1-5-4-6(14(16)17)2-3-7(5)12-8(10)13-9(11)15/h2-4H,1H3,(H5,10,11,12,13,15). The van der Waals surface area contributed by atoms with Crippen molar-refractivity contribution < 1.29 is 9.72 Å². The number of nitro groups is 1. The van der Waals surface area contributed by atoms with Crippen molar-refractivity contribution in [2.75, 3.05) is 5.32 Å². The molecule has 1 aromatic rings. The smallest absolute Gasteiger partial charge is 0.318 e. The quantitative estimate of drug-likeness (QED) is 0.263. The Morgan fingerprint density at radius 3 is 2.65 bits per heavy atom. The van der Waals surface area contributed by atoms with Gasteiger partial charge in [-0.2, -0.15) is 0 Å². The molecule has 5 N–H and O–H groups in total. The predicted molar refractivity (Wildman–Crippen MR) is 61.9 cm³/mol. The monoisotopic (exact) mass is 237 g/mol. The molecule has 8 nitrogen and oxygen atoms in total. The molecule has 2 amide bonds. The van der Waals surface area contributed by atoms with Crippen molar-refractivity contribution in [1.82, 2.24) is 5.32 Å².